The second-order valence-corrected chi connectivity index (χ2v) is 6.42. The highest BCUT2D eigenvalue weighted by atomic mass is 32.2. The molecule has 0 radical (unpaired) electrons. The molecule has 0 atom stereocenters. The SMILES string of the molecule is Cc1[nH]nc(NS(=O)(=O)c2cc(F)c(C)c([N+](=O)[O-])c2)c1C. The molecule has 0 bridgehead atoms. The van der Waals surface area contributed by atoms with Gasteiger partial charge in [-0.05, 0) is 26.8 Å². The number of hydrogen-bond donors (Lipinski definition) is 2. The number of H-pyrrole nitrogens is 1. The number of aryl methyl sites for hydroxylation is 1. The van der Waals surface area contributed by atoms with Crippen LogP contribution < -0.4 is 4.72 Å². The van der Waals surface area contributed by atoms with Gasteiger partial charge in [0.1, 0.15) is 5.82 Å². The van der Waals surface area contributed by atoms with Gasteiger partial charge in [0.2, 0.25) is 0 Å². The minimum atomic E-state index is -4.19. The minimum absolute atomic E-state index is 0.0566. The first-order valence-electron chi connectivity index (χ1n) is 6.12. The molecule has 0 spiro atoms. The number of sulfonamides is 1. The van der Waals surface area contributed by atoms with Gasteiger partial charge in [0.25, 0.3) is 15.7 Å². The van der Waals surface area contributed by atoms with E-state index in [4.69, 9.17) is 0 Å². The summed E-state index contributed by atoms with van der Waals surface area (Å²) in [5.41, 5.74) is 0.412. The van der Waals surface area contributed by atoms with E-state index in [1.54, 1.807) is 13.8 Å². The summed E-state index contributed by atoms with van der Waals surface area (Å²) in [5.74, 6) is -0.911. The molecule has 0 aliphatic heterocycles. The fraction of sp³-hybridized carbons (Fsp3) is 0.250. The van der Waals surface area contributed by atoms with E-state index in [0.717, 1.165) is 12.1 Å². The van der Waals surface area contributed by atoms with Crippen molar-refractivity contribution in [1.29, 1.82) is 0 Å². The van der Waals surface area contributed by atoms with Crippen LogP contribution in [0.3, 0.4) is 0 Å². The van der Waals surface area contributed by atoms with E-state index in [1.165, 1.54) is 6.92 Å². The quantitative estimate of drug-likeness (QED) is 0.659. The molecular weight excluding hydrogens is 315 g/mol. The Morgan fingerprint density at radius 3 is 2.41 bits per heavy atom. The maximum Gasteiger partial charge on any atom is 0.276 e. The van der Waals surface area contributed by atoms with E-state index in [9.17, 15) is 22.9 Å². The van der Waals surface area contributed by atoms with Crippen molar-refractivity contribution in [3.8, 4) is 0 Å². The average Bonchev–Trinajstić information content (AvgIpc) is 2.72. The van der Waals surface area contributed by atoms with Gasteiger partial charge in [0, 0.05) is 17.3 Å². The Hall–Kier alpha value is -2.49. The predicted molar refractivity (Wildman–Crippen MR) is 76.7 cm³/mol. The summed E-state index contributed by atoms with van der Waals surface area (Å²) in [6.45, 7) is 4.56. The molecule has 2 N–H and O–H groups in total. The lowest BCUT2D eigenvalue weighted by Crippen LogP contribution is -2.15. The highest BCUT2D eigenvalue weighted by molar-refractivity contribution is 7.92. The van der Waals surface area contributed by atoms with Gasteiger partial charge in [0.15, 0.2) is 5.82 Å². The Morgan fingerprint density at radius 1 is 1.27 bits per heavy atom. The molecule has 8 nitrogen and oxygen atoms in total. The monoisotopic (exact) mass is 328 g/mol. The summed E-state index contributed by atoms with van der Waals surface area (Å²) < 4.78 is 40.4. The fourth-order valence-corrected chi connectivity index (χ4v) is 2.85. The molecule has 1 heterocycles. The molecule has 2 aromatic rings. The largest absolute Gasteiger partial charge is 0.280 e. The van der Waals surface area contributed by atoms with Gasteiger partial charge in [-0.25, -0.2) is 12.8 Å². The van der Waals surface area contributed by atoms with Gasteiger partial charge in [-0.3, -0.25) is 19.9 Å². The van der Waals surface area contributed by atoms with Crippen molar-refractivity contribution in [1.82, 2.24) is 10.2 Å². The van der Waals surface area contributed by atoms with Crippen molar-refractivity contribution in [3.63, 3.8) is 0 Å². The van der Waals surface area contributed by atoms with Crippen LogP contribution in [0.5, 0.6) is 0 Å². The third-order valence-corrected chi connectivity index (χ3v) is 4.60. The zero-order valence-electron chi connectivity index (χ0n) is 12.0. The zero-order chi connectivity index (χ0) is 16.7. The Balaban J connectivity index is 2.50. The summed E-state index contributed by atoms with van der Waals surface area (Å²) >= 11 is 0. The third-order valence-electron chi connectivity index (χ3n) is 3.28. The van der Waals surface area contributed by atoms with Crippen LogP contribution >= 0.6 is 0 Å². The van der Waals surface area contributed by atoms with Crippen LogP contribution in [0.4, 0.5) is 15.9 Å². The van der Waals surface area contributed by atoms with Gasteiger partial charge < -0.3 is 0 Å². The van der Waals surface area contributed by atoms with Crippen LogP contribution in [-0.4, -0.2) is 23.5 Å². The Kier molecular flexibility index (Phi) is 3.88. The van der Waals surface area contributed by atoms with E-state index in [2.05, 4.69) is 14.9 Å². The number of anilines is 1. The van der Waals surface area contributed by atoms with E-state index >= 15 is 0 Å². The third kappa shape index (κ3) is 2.77. The van der Waals surface area contributed by atoms with Crippen molar-refractivity contribution in [2.45, 2.75) is 25.7 Å². The van der Waals surface area contributed by atoms with E-state index in [0.29, 0.717) is 11.3 Å². The fourth-order valence-electron chi connectivity index (χ4n) is 1.76. The first kappa shape index (κ1) is 15.9. The number of aromatic nitrogens is 2. The first-order chi connectivity index (χ1) is 10.1. The Labute approximate surface area is 125 Å². The van der Waals surface area contributed by atoms with Crippen LogP contribution in [0.2, 0.25) is 0 Å². The number of benzene rings is 1. The summed E-state index contributed by atoms with van der Waals surface area (Å²) in [5, 5.41) is 17.3. The zero-order valence-corrected chi connectivity index (χ0v) is 12.8. The van der Waals surface area contributed by atoms with Gasteiger partial charge >= 0.3 is 0 Å². The highest BCUT2D eigenvalue weighted by Crippen LogP contribution is 2.27. The lowest BCUT2D eigenvalue weighted by Gasteiger charge is -2.08. The molecule has 0 fully saturated rings. The van der Waals surface area contributed by atoms with E-state index < -0.39 is 31.3 Å². The summed E-state index contributed by atoms with van der Waals surface area (Å²) in [7, 11) is -4.19. The topological polar surface area (TPSA) is 118 Å². The summed E-state index contributed by atoms with van der Waals surface area (Å²) in [6, 6.07) is 1.55. The molecule has 0 aliphatic carbocycles. The molecule has 0 unspecified atom stereocenters. The average molecular weight is 328 g/mol. The predicted octanol–water partition coefficient (Wildman–Crippen LogP) is 2.18. The maximum atomic E-state index is 13.7. The standard InChI is InChI=1S/C12H13FN4O4S/c1-6-8(3)14-15-12(6)16-22(20,21)9-4-10(13)7(2)11(5-9)17(18)19/h4-5H,1-3H3,(H2,14,15,16). The van der Waals surface area contributed by atoms with Gasteiger partial charge in [-0.15, -0.1) is 0 Å². The molecular formula is C12H13FN4O4S. The molecule has 0 saturated carbocycles. The number of nitro groups is 1. The van der Waals surface area contributed by atoms with Crippen molar-refractivity contribution in [3.05, 3.63) is 44.9 Å². The highest BCUT2D eigenvalue weighted by Gasteiger charge is 2.24. The molecule has 0 saturated heterocycles. The molecule has 10 heteroatoms. The molecule has 0 aliphatic rings. The number of nitro benzene ring substituents is 1. The van der Waals surface area contributed by atoms with Crippen LogP contribution in [0.15, 0.2) is 17.0 Å². The smallest absolute Gasteiger partial charge is 0.276 e. The number of nitrogens with one attached hydrogen (secondary N) is 2. The van der Waals surface area contributed by atoms with Crippen molar-refractivity contribution in [2.75, 3.05) is 4.72 Å². The number of rotatable bonds is 4. The molecule has 22 heavy (non-hydrogen) atoms. The summed E-state index contributed by atoms with van der Waals surface area (Å²) in [4.78, 5) is 9.50. The Bertz CT molecular complexity index is 860. The molecule has 1 aromatic heterocycles. The lowest BCUT2D eigenvalue weighted by molar-refractivity contribution is -0.385. The lowest BCUT2D eigenvalue weighted by atomic mass is 10.2. The van der Waals surface area contributed by atoms with Crippen molar-refractivity contribution < 1.29 is 17.7 Å². The van der Waals surface area contributed by atoms with Crippen LogP contribution in [-0.2, 0) is 10.0 Å². The second-order valence-electron chi connectivity index (χ2n) is 4.73. The van der Waals surface area contributed by atoms with E-state index in [1.807, 2.05) is 0 Å². The maximum absolute atomic E-state index is 13.7. The first-order valence-corrected chi connectivity index (χ1v) is 7.60. The van der Waals surface area contributed by atoms with Crippen LogP contribution in [0, 0.1) is 36.7 Å². The van der Waals surface area contributed by atoms with Crippen molar-refractivity contribution >= 4 is 21.5 Å². The number of halogens is 1. The molecule has 0 amide bonds. The summed E-state index contributed by atoms with van der Waals surface area (Å²) in [6.07, 6.45) is 0. The second kappa shape index (κ2) is 5.37. The Morgan fingerprint density at radius 2 is 1.91 bits per heavy atom. The number of aromatic amines is 1. The molecule has 2 rings (SSSR count). The van der Waals surface area contributed by atoms with Crippen molar-refractivity contribution in [2.24, 2.45) is 0 Å². The number of nitrogens with zero attached hydrogens (tertiary/aromatic N) is 2. The van der Waals surface area contributed by atoms with Gasteiger partial charge in [0.05, 0.1) is 15.4 Å². The molecule has 1 aromatic carbocycles. The van der Waals surface area contributed by atoms with Crippen LogP contribution in [0.1, 0.15) is 16.8 Å². The molecule has 118 valence electrons. The van der Waals surface area contributed by atoms with Crippen LogP contribution in [0.25, 0.3) is 0 Å². The van der Waals surface area contributed by atoms with Gasteiger partial charge in [-0.1, -0.05) is 0 Å². The van der Waals surface area contributed by atoms with E-state index in [-0.39, 0.29) is 11.4 Å². The minimum Gasteiger partial charge on any atom is -0.280 e. The number of hydrogen-bond acceptors (Lipinski definition) is 5. The van der Waals surface area contributed by atoms with Gasteiger partial charge in [-0.2, -0.15) is 5.10 Å². The normalized spacial score (nSPS) is 11.5.